The predicted molar refractivity (Wildman–Crippen MR) is 93.9 cm³/mol. The Morgan fingerprint density at radius 1 is 1.09 bits per heavy atom. The van der Waals surface area contributed by atoms with Crippen LogP contribution in [0.25, 0.3) is 0 Å². The maximum atomic E-state index is 12.7. The number of rotatable bonds is 2. The van der Waals surface area contributed by atoms with Gasteiger partial charge in [-0.2, -0.15) is 0 Å². The molecule has 0 aliphatic carbocycles. The SMILES string of the molecule is CN1CCN(C(=O)Nc2ccc(Cl)cc2)[C@H](c2ccccc2)C1. The van der Waals surface area contributed by atoms with Crippen LogP contribution in [-0.2, 0) is 0 Å². The van der Waals surface area contributed by atoms with Crippen molar-refractivity contribution in [3.63, 3.8) is 0 Å². The summed E-state index contributed by atoms with van der Waals surface area (Å²) in [6, 6.07) is 17.3. The van der Waals surface area contributed by atoms with Crippen molar-refractivity contribution in [3.8, 4) is 0 Å². The third-order valence-corrected chi connectivity index (χ3v) is 4.38. The molecule has 3 rings (SSSR count). The molecule has 0 bridgehead atoms. The Labute approximate surface area is 141 Å². The molecule has 0 aromatic heterocycles. The standard InChI is InChI=1S/C18H20ClN3O/c1-21-11-12-22(17(13-21)14-5-3-2-4-6-14)18(23)20-16-9-7-15(19)8-10-16/h2-10,17H,11-13H2,1H3,(H,20,23)/t17-/m0/s1. The number of nitrogens with one attached hydrogen (secondary N) is 1. The van der Waals surface area contributed by atoms with Crippen LogP contribution in [0.3, 0.4) is 0 Å². The van der Waals surface area contributed by atoms with E-state index in [4.69, 9.17) is 11.6 Å². The van der Waals surface area contributed by atoms with Crippen molar-refractivity contribution in [2.75, 3.05) is 32.0 Å². The minimum atomic E-state index is -0.0747. The minimum Gasteiger partial charge on any atom is -0.315 e. The number of nitrogens with zero attached hydrogens (tertiary/aromatic N) is 2. The Balaban J connectivity index is 1.78. The summed E-state index contributed by atoms with van der Waals surface area (Å²) < 4.78 is 0. The molecule has 1 atom stereocenters. The van der Waals surface area contributed by atoms with Gasteiger partial charge in [0.2, 0.25) is 0 Å². The van der Waals surface area contributed by atoms with E-state index in [1.54, 1.807) is 12.1 Å². The summed E-state index contributed by atoms with van der Waals surface area (Å²) in [5.74, 6) is 0. The molecule has 2 aromatic carbocycles. The van der Waals surface area contributed by atoms with E-state index in [0.717, 1.165) is 24.3 Å². The van der Waals surface area contributed by atoms with Crippen LogP contribution in [-0.4, -0.2) is 42.5 Å². The van der Waals surface area contributed by atoms with Crippen molar-refractivity contribution >= 4 is 23.3 Å². The summed E-state index contributed by atoms with van der Waals surface area (Å²) in [4.78, 5) is 16.9. The van der Waals surface area contributed by atoms with E-state index in [-0.39, 0.29) is 12.1 Å². The van der Waals surface area contributed by atoms with Gasteiger partial charge in [-0.05, 0) is 36.9 Å². The van der Waals surface area contributed by atoms with Gasteiger partial charge in [-0.15, -0.1) is 0 Å². The maximum absolute atomic E-state index is 12.7. The van der Waals surface area contributed by atoms with Gasteiger partial charge in [0.25, 0.3) is 0 Å². The van der Waals surface area contributed by atoms with Gasteiger partial charge in [0, 0.05) is 30.3 Å². The predicted octanol–water partition coefficient (Wildman–Crippen LogP) is 3.86. The molecule has 2 aromatic rings. The molecule has 1 aliphatic rings. The van der Waals surface area contributed by atoms with E-state index in [2.05, 4.69) is 29.4 Å². The number of piperazine rings is 1. The van der Waals surface area contributed by atoms with Crippen LogP contribution in [0.2, 0.25) is 5.02 Å². The molecule has 2 amide bonds. The Hall–Kier alpha value is -2.04. The Kier molecular flexibility index (Phi) is 4.84. The topological polar surface area (TPSA) is 35.6 Å². The lowest BCUT2D eigenvalue weighted by atomic mass is 10.0. The highest BCUT2D eigenvalue weighted by atomic mass is 35.5. The second-order valence-corrected chi connectivity index (χ2v) is 6.26. The maximum Gasteiger partial charge on any atom is 0.322 e. The molecule has 1 fully saturated rings. The highest BCUT2D eigenvalue weighted by molar-refractivity contribution is 6.30. The lowest BCUT2D eigenvalue weighted by Crippen LogP contribution is -2.50. The van der Waals surface area contributed by atoms with Crippen molar-refractivity contribution in [2.24, 2.45) is 0 Å². The Morgan fingerprint density at radius 3 is 2.48 bits per heavy atom. The first-order valence-corrected chi connectivity index (χ1v) is 8.08. The number of carbonyl (C=O) groups excluding carboxylic acids is 1. The summed E-state index contributed by atoms with van der Waals surface area (Å²) >= 11 is 5.89. The Morgan fingerprint density at radius 2 is 1.78 bits per heavy atom. The number of hydrogen-bond donors (Lipinski definition) is 1. The van der Waals surface area contributed by atoms with Gasteiger partial charge >= 0.3 is 6.03 Å². The average molecular weight is 330 g/mol. The van der Waals surface area contributed by atoms with Crippen LogP contribution in [0.1, 0.15) is 11.6 Å². The zero-order valence-electron chi connectivity index (χ0n) is 13.1. The molecule has 1 saturated heterocycles. The largest absolute Gasteiger partial charge is 0.322 e. The number of benzene rings is 2. The molecule has 23 heavy (non-hydrogen) atoms. The normalized spacial score (nSPS) is 18.7. The summed E-state index contributed by atoms with van der Waals surface area (Å²) in [5.41, 5.74) is 1.91. The van der Waals surface area contributed by atoms with E-state index in [1.165, 1.54) is 0 Å². The van der Waals surface area contributed by atoms with Gasteiger partial charge in [0.05, 0.1) is 6.04 Å². The van der Waals surface area contributed by atoms with Crippen LogP contribution in [0.15, 0.2) is 54.6 Å². The van der Waals surface area contributed by atoms with Gasteiger partial charge in [-0.25, -0.2) is 4.79 Å². The van der Waals surface area contributed by atoms with Crippen molar-refractivity contribution in [1.29, 1.82) is 0 Å². The molecular formula is C18H20ClN3O. The fourth-order valence-electron chi connectivity index (χ4n) is 2.85. The van der Waals surface area contributed by atoms with Crippen LogP contribution in [0.4, 0.5) is 10.5 Å². The van der Waals surface area contributed by atoms with Gasteiger partial charge in [-0.3, -0.25) is 0 Å². The lowest BCUT2D eigenvalue weighted by molar-refractivity contribution is 0.117. The van der Waals surface area contributed by atoms with E-state index in [9.17, 15) is 4.79 Å². The van der Waals surface area contributed by atoms with Gasteiger partial charge in [0.1, 0.15) is 0 Å². The fourth-order valence-corrected chi connectivity index (χ4v) is 2.98. The van der Waals surface area contributed by atoms with Crippen LogP contribution in [0, 0.1) is 0 Å². The number of urea groups is 1. The zero-order chi connectivity index (χ0) is 16.2. The van der Waals surface area contributed by atoms with Crippen molar-refractivity contribution in [2.45, 2.75) is 6.04 Å². The average Bonchev–Trinajstić information content (AvgIpc) is 2.57. The summed E-state index contributed by atoms with van der Waals surface area (Å²) in [7, 11) is 2.09. The number of amides is 2. The van der Waals surface area contributed by atoms with Gasteiger partial charge in [0.15, 0.2) is 0 Å². The summed E-state index contributed by atoms with van der Waals surface area (Å²) in [6.07, 6.45) is 0. The van der Waals surface area contributed by atoms with Gasteiger partial charge < -0.3 is 15.1 Å². The molecule has 0 spiro atoms. The summed E-state index contributed by atoms with van der Waals surface area (Å²) in [6.45, 7) is 2.41. The number of hydrogen-bond acceptors (Lipinski definition) is 2. The minimum absolute atomic E-state index is 0.0576. The molecule has 0 saturated carbocycles. The van der Waals surface area contributed by atoms with E-state index in [0.29, 0.717) is 11.6 Å². The highest BCUT2D eigenvalue weighted by Crippen LogP contribution is 2.25. The number of likely N-dealkylation sites (N-methyl/N-ethyl adjacent to an activating group) is 1. The smallest absolute Gasteiger partial charge is 0.315 e. The number of anilines is 1. The molecule has 1 heterocycles. The van der Waals surface area contributed by atoms with Gasteiger partial charge in [-0.1, -0.05) is 41.9 Å². The lowest BCUT2D eigenvalue weighted by Gasteiger charge is -2.40. The van der Waals surface area contributed by atoms with E-state index in [1.807, 2.05) is 35.2 Å². The molecule has 4 nitrogen and oxygen atoms in total. The molecule has 1 N–H and O–H groups in total. The molecule has 1 aliphatic heterocycles. The summed E-state index contributed by atoms with van der Waals surface area (Å²) in [5, 5.41) is 3.62. The van der Waals surface area contributed by atoms with E-state index < -0.39 is 0 Å². The number of carbonyl (C=O) groups is 1. The van der Waals surface area contributed by atoms with Crippen LogP contribution in [0.5, 0.6) is 0 Å². The monoisotopic (exact) mass is 329 g/mol. The third kappa shape index (κ3) is 3.84. The zero-order valence-corrected chi connectivity index (χ0v) is 13.8. The van der Waals surface area contributed by atoms with Crippen LogP contribution >= 0.6 is 11.6 Å². The van der Waals surface area contributed by atoms with Crippen molar-refractivity contribution in [1.82, 2.24) is 9.80 Å². The van der Waals surface area contributed by atoms with E-state index >= 15 is 0 Å². The fraction of sp³-hybridized carbons (Fsp3) is 0.278. The molecule has 0 radical (unpaired) electrons. The number of halogens is 1. The molecular weight excluding hydrogens is 310 g/mol. The third-order valence-electron chi connectivity index (χ3n) is 4.12. The second-order valence-electron chi connectivity index (χ2n) is 5.82. The van der Waals surface area contributed by atoms with Crippen molar-refractivity contribution in [3.05, 3.63) is 65.2 Å². The first-order chi connectivity index (χ1) is 11.1. The first kappa shape index (κ1) is 15.8. The van der Waals surface area contributed by atoms with Crippen LogP contribution < -0.4 is 5.32 Å². The van der Waals surface area contributed by atoms with Crippen molar-refractivity contribution < 1.29 is 4.79 Å². The quantitative estimate of drug-likeness (QED) is 0.908. The second kappa shape index (κ2) is 7.02. The first-order valence-electron chi connectivity index (χ1n) is 7.70. The highest BCUT2D eigenvalue weighted by Gasteiger charge is 2.30. The molecule has 120 valence electrons. The molecule has 0 unspecified atom stereocenters. The molecule has 5 heteroatoms. The Bertz CT molecular complexity index is 660.